The number of unbranched alkanes of at least 4 members (excludes halogenated alkanes) is 1. The van der Waals surface area contributed by atoms with Crippen molar-refractivity contribution < 1.29 is 13.2 Å². The molecule has 0 saturated heterocycles. The van der Waals surface area contributed by atoms with Gasteiger partial charge in [-0.05, 0) is 19.4 Å². The van der Waals surface area contributed by atoms with Gasteiger partial charge in [0.2, 0.25) is 11.1 Å². The molecule has 0 saturated carbocycles. The lowest BCUT2D eigenvalue weighted by Gasteiger charge is -2.16. The van der Waals surface area contributed by atoms with E-state index in [-0.39, 0.29) is 11.1 Å². The number of imidazole rings is 1. The first-order chi connectivity index (χ1) is 9.01. The number of nitrogens with two attached hydrogens (primary N) is 1. The van der Waals surface area contributed by atoms with Gasteiger partial charge < -0.3 is 16.0 Å². The minimum absolute atomic E-state index is 0.208. The Balaban J connectivity index is 2.74. The lowest BCUT2D eigenvalue weighted by Crippen LogP contribution is -2.45. The number of nitrogens with zero attached hydrogens (tertiary/aromatic N) is 1. The van der Waals surface area contributed by atoms with Gasteiger partial charge in [-0.1, -0.05) is 6.42 Å². The van der Waals surface area contributed by atoms with Crippen LogP contribution in [0.1, 0.15) is 19.3 Å². The summed E-state index contributed by atoms with van der Waals surface area (Å²) in [5.74, 6) is -0.382. The molecule has 19 heavy (non-hydrogen) atoms. The van der Waals surface area contributed by atoms with Crippen molar-refractivity contribution in [3.8, 4) is 0 Å². The summed E-state index contributed by atoms with van der Waals surface area (Å²) in [7, 11) is -2.36. The molecule has 1 aromatic heterocycles. The summed E-state index contributed by atoms with van der Waals surface area (Å²) in [4.78, 5) is 17.8. The Hall–Kier alpha value is -1.45. The van der Waals surface area contributed by atoms with E-state index in [2.05, 4.69) is 20.0 Å². The summed E-state index contributed by atoms with van der Waals surface area (Å²) >= 11 is 0. The summed E-state index contributed by atoms with van der Waals surface area (Å²) < 4.78 is 26.2. The number of nitrogens with one attached hydrogen (secondary N) is 3. The summed E-state index contributed by atoms with van der Waals surface area (Å²) in [5, 5.41) is 2.22. The molecular weight excluding hydrogens is 270 g/mol. The van der Waals surface area contributed by atoms with E-state index in [1.807, 2.05) is 0 Å². The molecule has 8 nitrogen and oxygen atoms in total. The van der Waals surface area contributed by atoms with Gasteiger partial charge in [0.05, 0.1) is 0 Å². The second-order valence-corrected chi connectivity index (χ2v) is 5.60. The standard InChI is InChI=1S/C10H19N5O3S/c1-12-9(16)8(4-2-3-5-11)15-19(17,18)10-13-6-7-14-10/h6-8,15H,2-5,11H2,1H3,(H,12,16)(H,13,14)/t8-/m0/s1. The number of aromatic nitrogens is 2. The van der Waals surface area contributed by atoms with Crippen molar-refractivity contribution >= 4 is 15.9 Å². The number of hydrogen-bond acceptors (Lipinski definition) is 5. The highest BCUT2D eigenvalue weighted by Crippen LogP contribution is 2.06. The van der Waals surface area contributed by atoms with Crippen LogP contribution < -0.4 is 15.8 Å². The van der Waals surface area contributed by atoms with Gasteiger partial charge in [0.25, 0.3) is 10.0 Å². The van der Waals surface area contributed by atoms with E-state index in [4.69, 9.17) is 5.73 Å². The minimum atomic E-state index is -3.82. The fourth-order valence-corrected chi connectivity index (χ4v) is 2.69. The second kappa shape index (κ2) is 7.22. The molecule has 1 atom stereocenters. The fourth-order valence-electron chi connectivity index (χ4n) is 1.55. The highest BCUT2D eigenvalue weighted by Gasteiger charge is 2.26. The van der Waals surface area contributed by atoms with E-state index in [0.717, 1.165) is 6.42 Å². The molecule has 0 bridgehead atoms. The van der Waals surface area contributed by atoms with Gasteiger partial charge in [0.15, 0.2) is 0 Å². The maximum Gasteiger partial charge on any atom is 0.275 e. The van der Waals surface area contributed by atoms with Crippen molar-refractivity contribution in [2.45, 2.75) is 30.5 Å². The smallest absolute Gasteiger partial charge is 0.275 e. The number of rotatable bonds is 8. The first kappa shape index (κ1) is 15.6. The van der Waals surface area contributed by atoms with Crippen LogP contribution >= 0.6 is 0 Å². The topological polar surface area (TPSA) is 130 Å². The molecule has 0 aromatic carbocycles. The van der Waals surface area contributed by atoms with Crippen LogP contribution in [0.25, 0.3) is 0 Å². The van der Waals surface area contributed by atoms with Gasteiger partial charge in [0.1, 0.15) is 6.04 Å². The lowest BCUT2D eigenvalue weighted by atomic mass is 10.1. The van der Waals surface area contributed by atoms with Crippen molar-refractivity contribution in [1.82, 2.24) is 20.0 Å². The van der Waals surface area contributed by atoms with Crippen molar-refractivity contribution in [3.05, 3.63) is 12.4 Å². The Kier molecular flexibility index (Phi) is 5.93. The Morgan fingerprint density at radius 3 is 2.79 bits per heavy atom. The average molecular weight is 289 g/mol. The van der Waals surface area contributed by atoms with E-state index >= 15 is 0 Å². The maximum atomic E-state index is 11.9. The summed E-state index contributed by atoms with van der Waals surface area (Å²) in [6.45, 7) is 0.505. The predicted octanol–water partition coefficient (Wildman–Crippen LogP) is -1.07. The van der Waals surface area contributed by atoms with E-state index in [1.54, 1.807) is 0 Å². The van der Waals surface area contributed by atoms with Gasteiger partial charge in [-0.15, -0.1) is 0 Å². The van der Waals surface area contributed by atoms with Crippen LogP contribution in [0.5, 0.6) is 0 Å². The molecule has 0 radical (unpaired) electrons. The third-order valence-corrected chi connectivity index (χ3v) is 3.86. The molecule has 0 spiro atoms. The number of aromatic amines is 1. The van der Waals surface area contributed by atoms with Crippen LogP contribution in [0, 0.1) is 0 Å². The zero-order valence-electron chi connectivity index (χ0n) is 10.7. The fraction of sp³-hybridized carbons (Fsp3) is 0.600. The highest BCUT2D eigenvalue weighted by atomic mass is 32.2. The van der Waals surface area contributed by atoms with Gasteiger partial charge in [-0.3, -0.25) is 4.79 Å². The Bertz CT molecular complexity index is 485. The molecule has 0 aliphatic heterocycles. The van der Waals surface area contributed by atoms with E-state index < -0.39 is 16.1 Å². The molecule has 1 amide bonds. The van der Waals surface area contributed by atoms with Crippen LogP contribution in [-0.2, 0) is 14.8 Å². The zero-order valence-corrected chi connectivity index (χ0v) is 11.5. The number of carbonyl (C=O) groups excluding carboxylic acids is 1. The molecule has 1 rings (SSSR count). The largest absolute Gasteiger partial charge is 0.358 e. The van der Waals surface area contributed by atoms with Crippen LogP contribution in [-0.4, -0.2) is 43.9 Å². The second-order valence-electron chi connectivity index (χ2n) is 3.97. The third kappa shape index (κ3) is 4.62. The average Bonchev–Trinajstić information content (AvgIpc) is 2.91. The molecule has 0 aliphatic carbocycles. The minimum Gasteiger partial charge on any atom is -0.358 e. The predicted molar refractivity (Wildman–Crippen MR) is 69.7 cm³/mol. The molecule has 0 fully saturated rings. The molecule has 5 N–H and O–H groups in total. The van der Waals surface area contributed by atoms with E-state index in [1.165, 1.54) is 19.4 Å². The Morgan fingerprint density at radius 1 is 1.53 bits per heavy atom. The third-order valence-electron chi connectivity index (χ3n) is 2.53. The molecule has 1 heterocycles. The van der Waals surface area contributed by atoms with Crippen LogP contribution in [0.4, 0.5) is 0 Å². The highest BCUT2D eigenvalue weighted by molar-refractivity contribution is 7.89. The molecule has 0 aliphatic rings. The quantitative estimate of drug-likeness (QED) is 0.453. The van der Waals surface area contributed by atoms with Crippen molar-refractivity contribution in [2.24, 2.45) is 5.73 Å². The van der Waals surface area contributed by atoms with Gasteiger partial charge in [-0.25, -0.2) is 13.4 Å². The molecule has 1 aromatic rings. The number of amides is 1. The van der Waals surface area contributed by atoms with Crippen LogP contribution in [0.15, 0.2) is 17.6 Å². The summed E-state index contributed by atoms with van der Waals surface area (Å²) in [6, 6.07) is -0.827. The van der Waals surface area contributed by atoms with Gasteiger partial charge >= 0.3 is 0 Å². The zero-order chi connectivity index (χ0) is 14.3. The maximum absolute atomic E-state index is 11.9. The monoisotopic (exact) mass is 289 g/mol. The number of likely N-dealkylation sites (N-methyl/N-ethyl adjacent to an activating group) is 1. The molecular formula is C10H19N5O3S. The van der Waals surface area contributed by atoms with Gasteiger partial charge in [-0.2, -0.15) is 4.72 Å². The normalized spacial score (nSPS) is 13.2. The van der Waals surface area contributed by atoms with Gasteiger partial charge in [0, 0.05) is 19.4 Å². The van der Waals surface area contributed by atoms with Crippen molar-refractivity contribution in [1.29, 1.82) is 0 Å². The van der Waals surface area contributed by atoms with E-state index in [9.17, 15) is 13.2 Å². The molecule has 0 unspecified atom stereocenters. The summed E-state index contributed by atoms with van der Waals surface area (Å²) in [6.07, 6.45) is 4.51. The van der Waals surface area contributed by atoms with Crippen molar-refractivity contribution in [2.75, 3.05) is 13.6 Å². The summed E-state index contributed by atoms with van der Waals surface area (Å²) in [5.41, 5.74) is 5.37. The van der Waals surface area contributed by atoms with Crippen LogP contribution in [0.2, 0.25) is 0 Å². The van der Waals surface area contributed by atoms with Crippen LogP contribution in [0.3, 0.4) is 0 Å². The van der Waals surface area contributed by atoms with Crippen molar-refractivity contribution in [3.63, 3.8) is 0 Å². The number of hydrogen-bond donors (Lipinski definition) is 4. The first-order valence-corrected chi connectivity index (χ1v) is 7.43. The number of H-pyrrole nitrogens is 1. The number of sulfonamides is 1. The Morgan fingerprint density at radius 2 is 2.26 bits per heavy atom. The lowest BCUT2D eigenvalue weighted by molar-refractivity contribution is -0.122. The van der Waals surface area contributed by atoms with E-state index in [0.29, 0.717) is 19.4 Å². The first-order valence-electron chi connectivity index (χ1n) is 5.94. The molecule has 108 valence electrons. The number of carbonyl (C=O) groups is 1. The molecule has 9 heteroatoms. The SMILES string of the molecule is CNC(=O)[C@H](CCCCN)NS(=O)(=O)c1ncc[nH]1. The Labute approximate surface area is 112 Å².